The van der Waals surface area contributed by atoms with Gasteiger partial charge >= 0.3 is 0 Å². The fourth-order valence-electron chi connectivity index (χ4n) is 2.26. The summed E-state index contributed by atoms with van der Waals surface area (Å²) in [5.41, 5.74) is 0.811. The zero-order valence-corrected chi connectivity index (χ0v) is 21.0. The van der Waals surface area contributed by atoms with Crippen LogP contribution in [0.25, 0.3) is 0 Å². The number of thiazole rings is 1. The average Bonchev–Trinajstić information content (AvgIpc) is 3.21. The van der Waals surface area contributed by atoms with E-state index < -0.39 is 10.0 Å². The van der Waals surface area contributed by atoms with E-state index in [4.69, 9.17) is 5.14 Å². The van der Waals surface area contributed by atoms with Gasteiger partial charge in [-0.15, -0.1) is 35.3 Å². The first-order chi connectivity index (χ1) is 13.7. The van der Waals surface area contributed by atoms with Crippen LogP contribution in [0.15, 0.2) is 45.7 Å². The van der Waals surface area contributed by atoms with Crippen LogP contribution in [-0.2, 0) is 21.4 Å². The molecule has 1 unspecified atom stereocenters. The van der Waals surface area contributed by atoms with Gasteiger partial charge in [0.05, 0.1) is 23.0 Å². The zero-order valence-electron chi connectivity index (χ0n) is 17.0. The van der Waals surface area contributed by atoms with Gasteiger partial charge in [0.25, 0.3) is 0 Å². The monoisotopic (exact) mass is 566 g/mol. The van der Waals surface area contributed by atoms with Crippen LogP contribution in [-0.4, -0.2) is 57.4 Å². The maximum Gasteiger partial charge on any atom is 0.241 e. The van der Waals surface area contributed by atoms with Crippen molar-refractivity contribution in [2.75, 3.05) is 27.2 Å². The summed E-state index contributed by atoms with van der Waals surface area (Å²) in [4.78, 5) is 22.2. The van der Waals surface area contributed by atoms with Crippen LogP contribution in [0.2, 0.25) is 0 Å². The molecular weight excluding hydrogens is 539 g/mol. The number of halogens is 1. The molecule has 0 radical (unpaired) electrons. The number of hydrogen-bond donors (Lipinski definition) is 3. The number of carbonyl (C=O) groups excluding carboxylic acids is 1. The maximum absolute atomic E-state index is 11.9. The lowest BCUT2D eigenvalue weighted by Crippen LogP contribution is -2.43. The molecule has 30 heavy (non-hydrogen) atoms. The van der Waals surface area contributed by atoms with Crippen molar-refractivity contribution in [3.63, 3.8) is 0 Å². The number of amides is 1. The first-order valence-corrected chi connectivity index (χ1v) is 11.3. The number of likely N-dealkylation sites (N-methyl/N-ethyl adjacent to an activating group) is 1. The lowest BCUT2D eigenvalue weighted by atomic mass is 10.2. The molecule has 1 atom stereocenters. The van der Waals surface area contributed by atoms with Crippen molar-refractivity contribution in [1.82, 2.24) is 20.5 Å². The number of primary sulfonamides is 1. The Morgan fingerprint density at radius 2 is 1.93 bits per heavy atom. The molecule has 0 aliphatic rings. The summed E-state index contributed by atoms with van der Waals surface area (Å²) in [7, 11) is -0.352. The number of nitrogens with two attached hydrogens (primary N) is 1. The molecule has 0 spiro atoms. The number of hydrogen-bond acceptors (Lipinski definition) is 6. The third-order valence-corrected chi connectivity index (χ3v) is 5.96. The first-order valence-electron chi connectivity index (χ1n) is 8.90. The molecule has 0 fully saturated rings. The molecule has 0 aliphatic heterocycles. The fourth-order valence-corrected chi connectivity index (χ4v) is 3.48. The number of benzene rings is 1. The summed E-state index contributed by atoms with van der Waals surface area (Å²) in [5, 5.41) is 14.3. The van der Waals surface area contributed by atoms with E-state index in [-0.39, 0.29) is 47.2 Å². The van der Waals surface area contributed by atoms with E-state index in [1.54, 1.807) is 43.8 Å². The van der Waals surface area contributed by atoms with Gasteiger partial charge in [-0.05, 0) is 17.7 Å². The number of guanidine groups is 1. The van der Waals surface area contributed by atoms with Crippen LogP contribution in [0, 0.1) is 0 Å². The van der Waals surface area contributed by atoms with Crippen molar-refractivity contribution in [3.8, 4) is 0 Å². The van der Waals surface area contributed by atoms with Crippen molar-refractivity contribution < 1.29 is 13.2 Å². The van der Waals surface area contributed by atoms with Crippen molar-refractivity contribution in [2.45, 2.75) is 24.3 Å². The topological polar surface area (TPSA) is 130 Å². The Bertz CT molecular complexity index is 931. The standard InChI is InChI=1S/C18H26N6O3S2.HI/c1-13(17-20-8-9-28-17)10-21-18(23-12-16(25)24(2)3)22-11-14-4-6-15(7-5-14)29(19,26)27;/h4-9,13H,10-12H2,1-3H3,(H2,19,26,27)(H2,21,22,23);1H. The third-order valence-electron chi connectivity index (χ3n) is 4.03. The van der Waals surface area contributed by atoms with Gasteiger partial charge in [-0.2, -0.15) is 0 Å². The van der Waals surface area contributed by atoms with Crippen LogP contribution < -0.4 is 15.8 Å². The molecular formula is C18H27IN6O3S2. The van der Waals surface area contributed by atoms with E-state index in [1.807, 2.05) is 5.38 Å². The number of aliphatic imine (C=N–C) groups is 1. The maximum atomic E-state index is 11.9. The summed E-state index contributed by atoms with van der Waals surface area (Å²) in [5.74, 6) is 0.588. The molecule has 166 valence electrons. The molecule has 0 saturated heterocycles. The summed E-state index contributed by atoms with van der Waals surface area (Å²) < 4.78 is 22.7. The zero-order chi connectivity index (χ0) is 21.4. The number of nitrogens with zero attached hydrogens (tertiary/aromatic N) is 3. The minimum absolute atomic E-state index is 0. The van der Waals surface area contributed by atoms with E-state index in [0.29, 0.717) is 19.0 Å². The van der Waals surface area contributed by atoms with E-state index in [2.05, 4.69) is 27.5 Å². The molecule has 0 bridgehead atoms. The third kappa shape index (κ3) is 8.53. The highest BCUT2D eigenvalue weighted by Gasteiger charge is 2.11. The van der Waals surface area contributed by atoms with Gasteiger partial charge in [-0.3, -0.25) is 4.79 Å². The second-order valence-corrected chi connectivity index (χ2v) is 9.14. The Labute approximate surface area is 198 Å². The molecule has 1 aromatic heterocycles. The van der Waals surface area contributed by atoms with Gasteiger partial charge in [-0.1, -0.05) is 19.1 Å². The van der Waals surface area contributed by atoms with Crippen molar-refractivity contribution in [2.24, 2.45) is 10.1 Å². The molecule has 12 heteroatoms. The highest BCUT2D eigenvalue weighted by Crippen LogP contribution is 2.16. The molecule has 9 nitrogen and oxygen atoms in total. The predicted octanol–water partition coefficient (Wildman–Crippen LogP) is 1.34. The van der Waals surface area contributed by atoms with Crippen LogP contribution >= 0.6 is 35.3 Å². The van der Waals surface area contributed by atoms with Crippen LogP contribution in [0.5, 0.6) is 0 Å². The number of carbonyl (C=O) groups is 1. The Balaban J connectivity index is 0.00000450. The highest BCUT2D eigenvalue weighted by atomic mass is 127. The van der Waals surface area contributed by atoms with Crippen molar-refractivity contribution in [1.29, 1.82) is 0 Å². The Morgan fingerprint density at radius 3 is 2.47 bits per heavy atom. The molecule has 2 aromatic rings. The molecule has 2 rings (SSSR count). The van der Waals surface area contributed by atoms with E-state index in [1.165, 1.54) is 17.0 Å². The van der Waals surface area contributed by atoms with Crippen LogP contribution in [0.4, 0.5) is 0 Å². The lowest BCUT2D eigenvalue weighted by molar-refractivity contribution is -0.127. The molecule has 1 heterocycles. The Kier molecular flexibility index (Phi) is 10.7. The molecule has 0 aliphatic carbocycles. The van der Waals surface area contributed by atoms with E-state index in [9.17, 15) is 13.2 Å². The van der Waals surface area contributed by atoms with Gasteiger partial charge < -0.3 is 15.5 Å². The smallest absolute Gasteiger partial charge is 0.241 e. The Hall–Kier alpha value is -1.77. The van der Waals surface area contributed by atoms with Gasteiger partial charge in [0.2, 0.25) is 15.9 Å². The van der Waals surface area contributed by atoms with E-state index in [0.717, 1.165) is 10.6 Å². The predicted molar refractivity (Wildman–Crippen MR) is 130 cm³/mol. The first kappa shape index (κ1) is 26.3. The van der Waals surface area contributed by atoms with E-state index >= 15 is 0 Å². The summed E-state index contributed by atoms with van der Waals surface area (Å²) in [6.45, 7) is 3.07. The van der Waals surface area contributed by atoms with Crippen LogP contribution in [0.1, 0.15) is 23.4 Å². The number of rotatable bonds is 8. The second kappa shape index (κ2) is 12.2. The minimum atomic E-state index is -3.72. The largest absolute Gasteiger partial charge is 0.356 e. The SMILES string of the molecule is CC(CNC(=NCc1ccc(S(N)(=O)=O)cc1)NCC(=O)N(C)C)c1nccs1.I. The van der Waals surface area contributed by atoms with Gasteiger partial charge in [-0.25, -0.2) is 23.5 Å². The quantitative estimate of drug-likeness (QED) is 0.251. The number of nitrogens with one attached hydrogen (secondary N) is 2. The average molecular weight is 566 g/mol. The normalized spacial score (nSPS) is 12.6. The Morgan fingerprint density at radius 1 is 1.27 bits per heavy atom. The molecule has 0 saturated carbocycles. The van der Waals surface area contributed by atoms with Crippen LogP contribution in [0.3, 0.4) is 0 Å². The summed E-state index contributed by atoms with van der Waals surface area (Å²) in [6, 6.07) is 6.20. The molecule has 4 N–H and O–H groups in total. The fraction of sp³-hybridized carbons (Fsp3) is 0.389. The molecule has 1 aromatic carbocycles. The number of sulfonamides is 1. The highest BCUT2D eigenvalue weighted by molar-refractivity contribution is 14.0. The van der Waals surface area contributed by atoms with Gasteiger partial charge in [0, 0.05) is 38.1 Å². The summed E-state index contributed by atoms with van der Waals surface area (Å²) in [6.07, 6.45) is 1.77. The minimum Gasteiger partial charge on any atom is -0.356 e. The lowest BCUT2D eigenvalue weighted by Gasteiger charge is -2.16. The van der Waals surface area contributed by atoms with Crippen molar-refractivity contribution in [3.05, 3.63) is 46.4 Å². The second-order valence-electron chi connectivity index (χ2n) is 6.65. The van der Waals surface area contributed by atoms with Gasteiger partial charge in [0.15, 0.2) is 5.96 Å². The summed E-state index contributed by atoms with van der Waals surface area (Å²) >= 11 is 1.59. The number of aromatic nitrogens is 1. The van der Waals surface area contributed by atoms with Gasteiger partial charge in [0.1, 0.15) is 0 Å². The van der Waals surface area contributed by atoms with Crippen molar-refractivity contribution >= 4 is 57.2 Å². The molecule has 1 amide bonds.